The van der Waals surface area contributed by atoms with Crippen molar-refractivity contribution in [3.63, 3.8) is 0 Å². The molecule has 2 aromatic rings. The third-order valence-corrected chi connectivity index (χ3v) is 7.15. The maximum absolute atomic E-state index is 13.9. The minimum absolute atomic E-state index is 0.0144. The number of aromatic nitrogens is 2. The van der Waals surface area contributed by atoms with Crippen LogP contribution in [0, 0.1) is 0 Å². The number of ether oxygens (including phenoxy) is 2. The van der Waals surface area contributed by atoms with Gasteiger partial charge in [-0.3, -0.25) is 4.79 Å². The summed E-state index contributed by atoms with van der Waals surface area (Å²) in [5, 5.41) is 4.53. The van der Waals surface area contributed by atoms with Crippen LogP contribution in [-0.2, 0) is 16.7 Å². The normalized spacial score (nSPS) is 21.2. The highest BCUT2D eigenvalue weighted by molar-refractivity contribution is 7.09. The maximum Gasteiger partial charge on any atom is 0.400 e. The molecule has 1 aromatic carbocycles. The number of hydrogen-bond acceptors (Lipinski definition) is 5. The molecule has 0 N–H and O–H groups in total. The molecule has 6 nitrogen and oxygen atoms in total. The number of alkyl halides is 3. The zero-order chi connectivity index (χ0) is 22.2. The van der Waals surface area contributed by atoms with Crippen LogP contribution in [0.15, 0.2) is 23.2 Å². The Morgan fingerprint density at radius 1 is 1.42 bits per heavy atom. The smallest absolute Gasteiger partial charge is 0.400 e. The second-order valence-corrected chi connectivity index (χ2v) is 9.09. The number of rotatable bonds is 5. The van der Waals surface area contributed by atoms with Gasteiger partial charge in [-0.05, 0) is 43.9 Å². The molecule has 168 valence electrons. The van der Waals surface area contributed by atoms with Gasteiger partial charge in [-0.2, -0.15) is 23.3 Å². The summed E-state index contributed by atoms with van der Waals surface area (Å²) in [5.74, 6) is -0.385. The summed E-state index contributed by atoms with van der Waals surface area (Å²) in [6.45, 7) is 0.836. The van der Waals surface area contributed by atoms with Crippen LogP contribution < -0.4 is 9.54 Å². The number of nitrogens with zero attached hydrogens (tertiary/aromatic N) is 3. The predicted molar refractivity (Wildman–Crippen MR) is 109 cm³/mol. The molecule has 1 aliphatic carbocycles. The number of hydrogen-bond donors (Lipinski definition) is 0. The van der Waals surface area contributed by atoms with Crippen LogP contribution in [-0.4, -0.2) is 41.7 Å². The van der Waals surface area contributed by atoms with Crippen LogP contribution in [0.2, 0.25) is 5.02 Å². The fourth-order valence-electron chi connectivity index (χ4n) is 3.83. The van der Waals surface area contributed by atoms with E-state index in [0.29, 0.717) is 18.1 Å². The van der Waals surface area contributed by atoms with Crippen molar-refractivity contribution in [3.05, 3.63) is 38.6 Å². The fraction of sp³-hybridized carbons (Fsp3) is 0.550. The van der Waals surface area contributed by atoms with Crippen molar-refractivity contribution in [1.29, 1.82) is 0 Å². The quantitative estimate of drug-likeness (QED) is 0.638. The minimum Gasteiger partial charge on any atom is -0.496 e. The molecule has 2 aliphatic rings. The minimum atomic E-state index is -4.41. The van der Waals surface area contributed by atoms with E-state index in [1.807, 2.05) is 0 Å². The molecule has 0 radical (unpaired) electrons. The van der Waals surface area contributed by atoms with Crippen molar-refractivity contribution in [1.82, 2.24) is 9.78 Å². The van der Waals surface area contributed by atoms with Gasteiger partial charge in [0.25, 0.3) is 5.91 Å². The summed E-state index contributed by atoms with van der Waals surface area (Å²) >= 11 is 6.81. The van der Waals surface area contributed by atoms with Crippen LogP contribution >= 0.6 is 22.9 Å². The SMILES string of the molecule is COc1ccc(Cl)cc1C(=O)N=c1sc(C2(C(F)(F)F)CCC2)nn1C[C@H]1CCCO1. The van der Waals surface area contributed by atoms with E-state index in [-0.39, 0.29) is 46.6 Å². The van der Waals surface area contributed by atoms with Gasteiger partial charge in [0.15, 0.2) is 0 Å². The third kappa shape index (κ3) is 4.25. The summed E-state index contributed by atoms with van der Waals surface area (Å²) in [6.07, 6.45) is -2.48. The molecule has 31 heavy (non-hydrogen) atoms. The Bertz CT molecular complexity index is 1040. The molecule has 4 rings (SSSR count). The molecule has 0 unspecified atom stereocenters. The highest BCUT2D eigenvalue weighted by Gasteiger charge is 2.61. The molecule has 1 saturated carbocycles. The number of benzene rings is 1. The summed E-state index contributed by atoms with van der Waals surface area (Å²) in [6, 6.07) is 4.53. The molecule has 1 amide bonds. The number of amides is 1. The number of methoxy groups -OCH3 is 1. The van der Waals surface area contributed by atoms with Gasteiger partial charge in [-0.1, -0.05) is 29.4 Å². The standard InChI is InChI=1S/C20H21ClF3N3O3S/c1-29-15-6-5-12(21)10-14(15)16(28)25-18-27(11-13-4-2-9-30-13)26-17(31-18)19(7-3-8-19)20(22,23)24/h5-6,10,13H,2-4,7-9,11H2,1H3/t13-/m1/s1. The average molecular weight is 476 g/mol. The molecular formula is C20H21ClF3N3O3S. The Hall–Kier alpha value is -1.91. The Morgan fingerprint density at radius 2 is 2.19 bits per heavy atom. The summed E-state index contributed by atoms with van der Waals surface area (Å²) in [7, 11) is 1.41. The lowest BCUT2D eigenvalue weighted by Crippen LogP contribution is -2.48. The monoisotopic (exact) mass is 475 g/mol. The lowest BCUT2D eigenvalue weighted by molar-refractivity contribution is -0.213. The fourth-order valence-corrected chi connectivity index (χ4v) is 5.18. The van der Waals surface area contributed by atoms with Gasteiger partial charge < -0.3 is 9.47 Å². The van der Waals surface area contributed by atoms with Crippen molar-refractivity contribution >= 4 is 28.8 Å². The molecule has 1 aromatic heterocycles. The van der Waals surface area contributed by atoms with Crippen LogP contribution in [0.5, 0.6) is 5.75 Å². The molecule has 0 spiro atoms. The average Bonchev–Trinajstić information content (AvgIpc) is 3.30. The lowest BCUT2D eigenvalue weighted by atomic mass is 9.68. The van der Waals surface area contributed by atoms with Gasteiger partial charge in [0.2, 0.25) is 4.80 Å². The van der Waals surface area contributed by atoms with Crippen LogP contribution in [0.3, 0.4) is 0 Å². The summed E-state index contributed by atoms with van der Waals surface area (Å²) in [5.41, 5.74) is -1.84. The molecule has 2 heterocycles. The van der Waals surface area contributed by atoms with Crippen LogP contribution in [0.1, 0.15) is 47.5 Å². The van der Waals surface area contributed by atoms with E-state index in [1.54, 1.807) is 6.07 Å². The maximum atomic E-state index is 13.9. The Kier molecular flexibility index (Phi) is 6.15. The van der Waals surface area contributed by atoms with Crippen molar-refractivity contribution in [3.8, 4) is 5.75 Å². The van der Waals surface area contributed by atoms with Crippen LogP contribution in [0.4, 0.5) is 13.2 Å². The lowest BCUT2D eigenvalue weighted by Gasteiger charge is -2.40. The second-order valence-electron chi connectivity index (χ2n) is 7.70. The second kappa shape index (κ2) is 8.55. The first-order valence-electron chi connectivity index (χ1n) is 9.93. The first-order valence-corrected chi connectivity index (χ1v) is 11.1. The number of carbonyl (C=O) groups excluding carboxylic acids is 1. The largest absolute Gasteiger partial charge is 0.496 e. The predicted octanol–water partition coefficient (Wildman–Crippen LogP) is 4.51. The Labute approximate surface area is 185 Å². The van der Waals surface area contributed by atoms with Gasteiger partial charge >= 0.3 is 6.18 Å². The van der Waals surface area contributed by atoms with E-state index in [1.165, 1.54) is 23.9 Å². The molecule has 2 fully saturated rings. The molecule has 11 heteroatoms. The third-order valence-electron chi connectivity index (χ3n) is 5.77. The van der Waals surface area contributed by atoms with E-state index < -0.39 is 17.5 Å². The first kappa shape index (κ1) is 22.3. The van der Waals surface area contributed by atoms with Gasteiger partial charge in [-0.15, -0.1) is 0 Å². The van der Waals surface area contributed by atoms with Gasteiger partial charge in [-0.25, -0.2) is 4.68 Å². The number of halogens is 4. The van der Waals surface area contributed by atoms with Gasteiger partial charge in [0.05, 0.1) is 25.3 Å². The van der Waals surface area contributed by atoms with E-state index in [9.17, 15) is 18.0 Å². The first-order chi connectivity index (χ1) is 14.7. The van der Waals surface area contributed by atoms with E-state index in [4.69, 9.17) is 21.1 Å². The molecule has 0 bridgehead atoms. The Morgan fingerprint density at radius 3 is 2.77 bits per heavy atom. The van der Waals surface area contributed by atoms with Gasteiger partial charge in [0, 0.05) is 11.6 Å². The molecule has 1 saturated heterocycles. The zero-order valence-corrected chi connectivity index (χ0v) is 18.3. The molecular weight excluding hydrogens is 455 g/mol. The summed E-state index contributed by atoms with van der Waals surface area (Å²) < 4.78 is 53.8. The zero-order valence-electron chi connectivity index (χ0n) is 16.7. The van der Waals surface area contributed by atoms with Crippen molar-refractivity contribution in [2.24, 2.45) is 4.99 Å². The highest BCUT2D eigenvalue weighted by atomic mass is 35.5. The van der Waals surface area contributed by atoms with E-state index >= 15 is 0 Å². The van der Waals surface area contributed by atoms with Crippen molar-refractivity contribution < 1.29 is 27.4 Å². The molecule has 1 atom stereocenters. The topological polar surface area (TPSA) is 65.7 Å². The number of carbonyl (C=O) groups is 1. The van der Waals surface area contributed by atoms with Gasteiger partial charge in [0.1, 0.15) is 16.2 Å². The van der Waals surface area contributed by atoms with E-state index in [0.717, 1.165) is 24.2 Å². The van der Waals surface area contributed by atoms with Crippen LogP contribution in [0.25, 0.3) is 0 Å². The van der Waals surface area contributed by atoms with Crippen molar-refractivity contribution in [2.45, 2.75) is 56.3 Å². The molecule has 1 aliphatic heterocycles. The van der Waals surface area contributed by atoms with E-state index in [2.05, 4.69) is 10.1 Å². The Balaban J connectivity index is 1.77. The highest BCUT2D eigenvalue weighted by Crippen LogP contribution is 2.54. The summed E-state index contributed by atoms with van der Waals surface area (Å²) in [4.78, 5) is 17.1. The van der Waals surface area contributed by atoms with Crippen molar-refractivity contribution in [2.75, 3.05) is 13.7 Å².